The zero-order valence-electron chi connectivity index (χ0n) is 11.0. The molecule has 0 rings (SSSR count). The van der Waals surface area contributed by atoms with Crippen LogP contribution < -0.4 is 5.32 Å². The van der Waals surface area contributed by atoms with Gasteiger partial charge < -0.3 is 14.8 Å². The van der Waals surface area contributed by atoms with Gasteiger partial charge in [-0.3, -0.25) is 9.59 Å². The van der Waals surface area contributed by atoms with E-state index in [1.54, 1.807) is 13.8 Å². The molecule has 0 heterocycles. The molecule has 0 amide bonds. The first-order valence-electron chi connectivity index (χ1n) is 6.21. The lowest BCUT2D eigenvalue weighted by Crippen LogP contribution is -2.40. The van der Waals surface area contributed by atoms with Crippen LogP contribution in [-0.2, 0) is 19.1 Å². The fraction of sp³-hybridized carbons (Fsp3) is 0.833. The van der Waals surface area contributed by atoms with Gasteiger partial charge in [0.1, 0.15) is 6.04 Å². The fourth-order valence-corrected chi connectivity index (χ4v) is 1.32. The molecule has 1 unspecified atom stereocenters. The molecule has 0 aliphatic carbocycles. The first kappa shape index (κ1) is 15.9. The van der Waals surface area contributed by atoms with Gasteiger partial charge in [0.15, 0.2) is 0 Å². The number of ether oxygens (including phenoxy) is 2. The molecule has 0 bridgehead atoms. The standard InChI is InChI=1S/C12H23NO4/c1-4-7-8-13-10(12(15)17-6-3)9-11(14)16-5-2/h10,13H,4-9H2,1-3H3. The first-order valence-corrected chi connectivity index (χ1v) is 6.21. The van der Waals surface area contributed by atoms with E-state index in [0.717, 1.165) is 12.8 Å². The third kappa shape index (κ3) is 7.74. The van der Waals surface area contributed by atoms with Crippen LogP contribution in [0.15, 0.2) is 0 Å². The molecule has 0 aromatic rings. The van der Waals surface area contributed by atoms with Gasteiger partial charge in [-0.2, -0.15) is 0 Å². The molecule has 0 aliphatic rings. The quantitative estimate of drug-likeness (QED) is 0.489. The maximum Gasteiger partial charge on any atom is 0.323 e. The molecular formula is C12H23NO4. The van der Waals surface area contributed by atoms with Crippen molar-refractivity contribution in [3.05, 3.63) is 0 Å². The monoisotopic (exact) mass is 245 g/mol. The maximum atomic E-state index is 11.6. The summed E-state index contributed by atoms with van der Waals surface area (Å²) in [5.41, 5.74) is 0. The molecule has 100 valence electrons. The summed E-state index contributed by atoms with van der Waals surface area (Å²) < 4.78 is 9.72. The van der Waals surface area contributed by atoms with Gasteiger partial charge in [0, 0.05) is 0 Å². The van der Waals surface area contributed by atoms with Crippen molar-refractivity contribution < 1.29 is 19.1 Å². The average molecular weight is 245 g/mol. The van der Waals surface area contributed by atoms with Gasteiger partial charge in [-0.15, -0.1) is 0 Å². The topological polar surface area (TPSA) is 64.6 Å². The van der Waals surface area contributed by atoms with Crippen LogP contribution in [-0.4, -0.2) is 37.7 Å². The Morgan fingerprint density at radius 2 is 1.76 bits per heavy atom. The van der Waals surface area contributed by atoms with E-state index in [0.29, 0.717) is 19.8 Å². The van der Waals surface area contributed by atoms with Crippen molar-refractivity contribution in [3.63, 3.8) is 0 Å². The number of nitrogens with one attached hydrogen (secondary N) is 1. The second-order valence-electron chi connectivity index (χ2n) is 3.62. The molecule has 5 nitrogen and oxygen atoms in total. The van der Waals surface area contributed by atoms with E-state index in [1.807, 2.05) is 0 Å². The van der Waals surface area contributed by atoms with Gasteiger partial charge in [-0.05, 0) is 26.8 Å². The molecule has 0 radical (unpaired) electrons. The minimum absolute atomic E-state index is 0.0242. The highest BCUT2D eigenvalue weighted by molar-refractivity contribution is 5.82. The molecule has 0 aliphatic heterocycles. The Bertz CT molecular complexity index is 231. The average Bonchev–Trinajstić information content (AvgIpc) is 2.28. The second kappa shape index (κ2) is 10.1. The lowest BCUT2D eigenvalue weighted by atomic mass is 10.2. The number of rotatable bonds is 9. The minimum Gasteiger partial charge on any atom is -0.466 e. The van der Waals surface area contributed by atoms with Crippen molar-refractivity contribution in [2.45, 2.75) is 46.1 Å². The Morgan fingerprint density at radius 3 is 2.29 bits per heavy atom. The third-order valence-corrected chi connectivity index (χ3v) is 2.17. The number of carbonyl (C=O) groups excluding carboxylic acids is 2. The Labute approximate surface area is 103 Å². The highest BCUT2D eigenvalue weighted by atomic mass is 16.5. The normalized spacial score (nSPS) is 11.9. The van der Waals surface area contributed by atoms with E-state index in [2.05, 4.69) is 12.2 Å². The highest BCUT2D eigenvalue weighted by Gasteiger charge is 2.22. The predicted octanol–water partition coefficient (Wildman–Crippen LogP) is 1.26. The lowest BCUT2D eigenvalue weighted by Gasteiger charge is -2.16. The largest absolute Gasteiger partial charge is 0.466 e. The van der Waals surface area contributed by atoms with Crippen LogP contribution in [0, 0.1) is 0 Å². The van der Waals surface area contributed by atoms with Gasteiger partial charge in [0.25, 0.3) is 0 Å². The molecular weight excluding hydrogens is 222 g/mol. The fourth-order valence-electron chi connectivity index (χ4n) is 1.32. The van der Waals surface area contributed by atoms with Crippen molar-refractivity contribution >= 4 is 11.9 Å². The number of hydrogen-bond acceptors (Lipinski definition) is 5. The van der Waals surface area contributed by atoms with Crippen LogP contribution in [0.5, 0.6) is 0 Å². The van der Waals surface area contributed by atoms with Crippen LogP contribution in [0.4, 0.5) is 0 Å². The van der Waals surface area contributed by atoms with Crippen LogP contribution in [0.2, 0.25) is 0 Å². The SMILES string of the molecule is CCCCNC(CC(=O)OCC)C(=O)OCC. The van der Waals surface area contributed by atoms with Crippen molar-refractivity contribution in [2.24, 2.45) is 0 Å². The van der Waals surface area contributed by atoms with Gasteiger partial charge in [-0.25, -0.2) is 0 Å². The molecule has 0 aromatic heterocycles. The van der Waals surface area contributed by atoms with E-state index in [9.17, 15) is 9.59 Å². The van der Waals surface area contributed by atoms with Crippen LogP contribution in [0.3, 0.4) is 0 Å². The van der Waals surface area contributed by atoms with E-state index in [4.69, 9.17) is 9.47 Å². The van der Waals surface area contributed by atoms with Gasteiger partial charge >= 0.3 is 11.9 Å². The summed E-state index contributed by atoms with van der Waals surface area (Å²) in [5, 5.41) is 3.02. The summed E-state index contributed by atoms with van der Waals surface area (Å²) in [4.78, 5) is 22.9. The zero-order valence-corrected chi connectivity index (χ0v) is 11.0. The third-order valence-electron chi connectivity index (χ3n) is 2.17. The molecule has 1 atom stereocenters. The predicted molar refractivity (Wildman–Crippen MR) is 64.6 cm³/mol. The number of unbranched alkanes of at least 4 members (excludes halogenated alkanes) is 1. The summed E-state index contributed by atoms with van der Waals surface area (Å²) in [6, 6.07) is -0.597. The molecule has 5 heteroatoms. The molecule has 1 N–H and O–H groups in total. The van der Waals surface area contributed by atoms with Crippen molar-refractivity contribution in [2.75, 3.05) is 19.8 Å². The Morgan fingerprint density at radius 1 is 1.12 bits per heavy atom. The molecule has 0 fully saturated rings. The van der Waals surface area contributed by atoms with E-state index in [1.165, 1.54) is 0 Å². The van der Waals surface area contributed by atoms with Crippen molar-refractivity contribution in [3.8, 4) is 0 Å². The molecule has 0 saturated carbocycles. The molecule has 0 spiro atoms. The number of carbonyl (C=O) groups is 2. The highest BCUT2D eigenvalue weighted by Crippen LogP contribution is 1.99. The Hall–Kier alpha value is -1.10. The Kier molecular flexibility index (Phi) is 9.43. The maximum absolute atomic E-state index is 11.6. The van der Waals surface area contributed by atoms with Crippen LogP contribution >= 0.6 is 0 Å². The smallest absolute Gasteiger partial charge is 0.323 e. The van der Waals surface area contributed by atoms with E-state index >= 15 is 0 Å². The molecule has 17 heavy (non-hydrogen) atoms. The zero-order chi connectivity index (χ0) is 13.1. The number of esters is 2. The second-order valence-corrected chi connectivity index (χ2v) is 3.62. The summed E-state index contributed by atoms with van der Waals surface area (Å²) >= 11 is 0. The van der Waals surface area contributed by atoms with Crippen LogP contribution in [0.25, 0.3) is 0 Å². The summed E-state index contributed by atoms with van der Waals surface area (Å²) in [7, 11) is 0. The summed E-state index contributed by atoms with van der Waals surface area (Å²) in [6.45, 7) is 6.87. The van der Waals surface area contributed by atoms with Crippen molar-refractivity contribution in [1.82, 2.24) is 5.32 Å². The number of hydrogen-bond donors (Lipinski definition) is 1. The van der Waals surface area contributed by atoms with Gasteiger partial charge in [0.05, 0.1) is 19.6 Å². The molecule has 0 saturated heterocycles. The van der Waals surface area contributed by atoms with Crippen molar-refractivity contribution in [1.29, 1.82) is 0 Å². The van der Waals surface area contributed by atoms with Gasteiger partial charge in [-0.1, -0.05) is 13.3 Å². The first-order chi connectivity index (χ1) is 8.15. The molecule has 0 aromatic carbocycles. The van der Waals surface area contributed by atoms with Gasteiger partial charge in [0.2, 0.25) is 0 Å². The van der Waals surface area contributed by atoms with E-state index in [-0.39, 0.29) is 12.4 Å². The van der Waals surface area contributed by atoms with Crippen LogP contribution in [0.1, 0.15) is 40.0 Å². The Balaban J connectivity index is 4.18. The van der Waals surface area contributed by atoms with E-state index < -0.39 is 12.0 Å². The lowest BCUT2D eigenvalue weighted by molar-refractivity contribution is -0.152. The minimum atomic E-state index is -0.597. The summed E-state index contributed by atoms with van der Waals surface area (Å²) in [5.74, 6) is -0.772. The summed E-state index contributed by atoms with van der Waals surface area (Å²) in [6.07, 6.45) is 2.01.